The molecule has 0 saturated heterocycles. The van der Waals surface area contributed by atoms with E-state index in [4.69, 9.17) is 9.47 Å². The number of rotatable bonds is 7. The summed E-state index contributed by atoms with van der Waals surface area (Å²) in [6.07, 6.45) is -4.42. The highest BCUT2D eigenvalue weighted by Crippen LogP contribution is 2.37. The number of hydrogen-bond acceptors (Lipinski definition) is 5. The average Bonchev–Trinajstić information content (AvgIpc) is 3.26. The lowest BCUT2D eigenvalue weighted by atomic mass is 10.1. The molecule has 0 N–H and O–H groups in total. The zero-order chi connectivity index (χ0) is 24.3. The summed E-state index contributed by atoms with van der Waals surface area (Å²) in [6.45, 7) is 1.97. The predicted molar refractivity (Wildman–Crippen MR) is 126 cm³/mol. The van der Waals surface area contributed by atoms with Crippen molar-refractivity contribution in [2.45, 2.75) is 24.0 Å². The predicted octanol–water partition coefficient (Wildman–Crippen LogP) is 6.57. The molecule has 3 aromatic carbocycles. The lowest BCUT2D eigenvalue weighted by Gasteiger charge is -2.14. The van der Waals surface area contributed by atoms with Crippen molar-refractivity contribution in [1.82, 2.24) is 14.8 Å². The molecule has 4 rings (SSSR count). The van der Waals surface area contributed by atoms with Crippen LogP contribution < -0.4 is 9.47 Å². The Bertz CT molecular complexity index is 1300. The average molecular weight is 486 g/mol. The molecule has 0 atom stereocenters. The van der Waals surface area contributed by atoms with Gasteiger partial charge in [-0.1, -0.05) is 42.1 Å². The Morgan fingerprint density at radius 3 is 2.35 bits per heavy atom. The molecule has 0 radical (unpaired) electrons. The van der Waals surface area contributed by atoms with E-state index in [1.165, 1.54) is 23.9 Å². The molecule has 5 nitrogen and oxygen atoms in total. The van der Waals surface area contributed by atoms with Crippen LogP contribution in [0, 0.1) is 6.92 Å². The number of thioether (sulfide) groups is 1. The minimum Gasteiger partial charge on any atom is -0.493 e. The van der Waals surface area contributed by atoms with E-state index < -0.39 is 11.7 Å². The lowest BCUT2D eigenvalue weighted by molar-refractivity contribution is -0.138. The largest absolute Gasteiger partial charge is 0.493 e. The zero-order valence-electron chi connectivity index (χ0n) is 18.8. The van der Waals surface area contributed by atoms with Gasteiger partial charge in [-0.05, 0) is 54.4 Å². The number of aromatic nitrogens is 3. The second kappa shape index (κ2) is 9.80. The second-order valence-corrected chi connectivity index (χ2v) is 8.44. The van der Waals surface area contributed by atoms with Gasteiger partial charge in [0.05, 0.1) is 19.8 Å². The summed E-state index contributed by atoms with van der Waals surface area (Å²) in [6, 6.07) is 18.7. The van der Waals surface area contributed by atoms with Crippen LogP contribution >= 0.6 is 11.8 Å². The van der Waals surface area contributed by atoms with E-state index in [9.17, 15) is 13.2 Å². The molecule has 0 spiro atoms. The van der Waals surface area contributed by atoms with Crippen LogP contribution in [0.5, 0.6) is 11.5 Å². The van der Waals surface area contributed by atoms with Crippen molar-refractivity contribution < 1.29 is 22.6 Å². The maximum atomic E-state index is 13.5. The van der Waals surface area contributed by atoms with E-state index in [0.29, 0.717) is 22.5 Å². The van der Waals surface area contributed by atoms with Crippen LogP contribution in [-0.4, -0.2) is 29.0 Å². The van der Waals surface area contributed by atoms with Gasteiger partial charge in [-0.2, -0.15) is 13.2 Å². The van der Waals surface area contributed by atoms with Crippen LogP contribution in [0.1, 0.15) is 16.7 Å². The summed E-state index contributed by atoms with van der Waals surface area (Å²) in [5.41, 5.74) is 2.11. The summed E-state index contributed by atoms with van der Waals surface area (Å²) in [4.78, 5) is 0. The third-order valence-corrected chi connectivity index (χ3v) is 6.19. The Balaban J connectivity index is 1.77. The molecule has 0 saturated carbocycles. The van der Waals surface area contributed by atoms with Crippen molar-refractivity contribution >= 4 is 11.8 Å². The molecule has 9 heteroatoms. The first-order chi connectivity index (χ1) is 16.3. The fraction of sp³-hybridized carbons (Fsp3) is 0.200. The minimum absolute atomic E-state index is 0.0889. The van der Waals surface area contributed by atoms with Gasteiger partial charge in [-0.3, -0.25) is 4.57 Å². The van der Waals surface area contributed by atoms with Crippen molar-refractivity contribution in [3.05, 3.63) is 83.4 Å². The topological polar surface area (TPSA) is 49.2 Å². The van der Waals surface area contributed by atoms with Gasteiger partial charge in [-0.15, -0.1) is 10.2 Å². The van der Waals surface area contributed by atoms with Crippen LogP contribution in [0.4, 0.5) is 13.2 Å². The van der Waals surface area contributed by atoms with E-state index in [2.05, 4.69) is 10.2 Å². The van der Waals surface area contributed by atoms with Gasteiger partial charge in [0, 0.05) is 17.0 Å². The van der Waals surface area contributed by atoms with Gasteiger partial charge in [0.2, 0.25) is 0 Å². The minimum atomic E-state index is -4.42. The number of methoxy groups -OCH3 is 2. The molecular formula is C25H22F3N3O2S. The Morgan fingerprint density at radius 2 is 1.65 bits per heavy atom. The molecule has 0 bridgehead atoms. The smallest absolute Gasteiger partial charge is 0.416 e. The monoisotopic (exact) mass is 485 g/mol. The first-order valence-electron chi connectivity index (χ1n) is 10.3. The van der Waals surface area contributed by atoms with Crippen LogP contribution in [0.2, 0.25) is 0 Å². The van der Waals surface area contributed by atoms with Gasteiger partial charge < -0.3 is 9.47 Å². The van der Waals surface area contributed by atoms with Crippen molar-refractivity contribution in [1.29, 1.82) is 0 Å². The van der Waals surface area contributed by atoms with Crippen LogP contribution in [0.15, 0.2) is 71.9 Å². The second-order valence-electron chi connectivity index (χ2n) is 7.49. The summed E-state index contributed by atoms with van der Waals surface area (Å²) in [5, 5.41) is 9.19. The molecule has 0 aliphatic rings. The van der Waals surface area contributed by atoms with Crippen molar-refractivity contribution in [2.75, 3.05) is 14.2 Å². The Kier molecular flexibility index (Phi) is 6.83. The molecule has 1 aromatic heterocycles. The molecule has 0 fully saturated rings. The Morgan fingerprint density at radius 1 is 0.882 bits per heavy atom. The molecule has 176 valence electrons. The first-order valence-corrected chi connectivity index (χ1v) is 11.3. The molecule has 4 aromatic rings. The van der Waals surface area contributed by atoms with Gasteiger partial charge in [0.15, 0.2) is 22.5 Å². The van der Waals surface area contributed by atoms with Crippen molar-refractivity contribution in [3.63, 3.8) is 0 Å². The number of aryl methyl sites for hydroxylation is 1. The standard InChI is InChI=1S/C25H22F3N3O2S/c1-16-7-6-9-19(13-16)31-23(17-11-12-21(32-2)22(14-17)33-3)29-30-24(31)34-15-18-8-4-5-10-20(18)25(26,27)28/h4-14H,15H2,1-3H3. The van der Waals surface area contributed by atoms with Crippen molar-refractivity contribution in [2.24, 2.45) is 0 Å². The van der Waals surface area contributed by atoms with Crippen molar-refractivity contribution in [3.8, 4) is 28.6 Å². The van der Waals surface area contributed by atoms with E-state index in [1.54, 1.807) is 32.4 Å². The number of halogens is 3. The highest BCUT2D eigenvalue weighted by Gasteiger charge is 2.33. The molecule has 0 amide bonds. The highest BCUT2D eigenvalue weighted by molar-refractivity contribution is 7.98. The van der Waals surface area contributed by atoms with E-state index in [1.807, 2.05) is 41.8 Å². The molecule has 34 heavy (non-hydrogen) atoms. The fourth-order valence-corrected chi connectivity index (χ4v) is 4.55. The highest BCUT2D eigenvalue weighted by atomic mass is 32.2. The molecule has 0 aliphatic heterocycles. The Hall–Kier alpha value is -3.46. The zero-order valence-corrected chi connectivity index (χ0v) is 19.6. The molecule has 0 unspecified atom stereocenters. The Labute approximate surface area is 199 Å². The first kappa shape index (κ1) is 23.7. The van der Waals surface area contributed by atoms with Gasteiger partial charge >= 0.3 is 6.18 Å². The summed E-state index contributed by atoms with van der Waals surface area (Å²) < 4.78 is 53.0. The van der Waals surface area contributed by atoms with Gasteiger partial charge in [-0.25, -0.2) is 0 Å². The normalized spacial score (nSPS) is 11.5. The number of nitrogens with zero attached hydrogens (tertiary/aromatic N) is 3. The lowest BCUT2D eigenvalue weighted by Crippen LogP contribution is -2.08. The molecular weight excluding hydrogens is 463 g/mol. The maximum Gasteiger partial charge on any atom is 0.416 e. The van der Waals surface area contributed by atoms with E-state index >= 15 is 0 Å². The summed E-state index contributed by atoms with van der Waals surface area (Å²) in [7, 11) is 3.10. The third-order valence-electron chi connectivity index (χ3n) is 5.21. The fourth-order valence-electron chi connectivity index (χ4n) is 3.59. The molecule has 0 aliphatic carbocycles. The quantitative estimate of drug-likeness (QED) is 0.277. The van der Waals surface area contributed by atoms with E-state index in [0.717, 1.165) is 22.9 Å². The number of ether oxygens (including phenoxy) is 2. The maximum absolute atomic E-state index is 13.5. The van der Waals surface area contributed by atoms with Gasteiger partial charge in [0.25, 0.3) is 0 Å². The van der Waals surface area contributed by atoms with Gasteiger partial charge in [0.1, 0.15) is 0 Å². The van der Waals surface area contributed by atoms with Crippen LogP contribution in [-0.2, 0) is 11.9 Å². The SMILES string of the molecule is COc1ccc(-c2nnc(SCc3ccccc3C(F)(F)F)n2-c2cccc(C)c2)cc1OC. The third kappa shape index (κ3) is 4.89. The number of alkyl halides is 3. The number of benzene rings is 3. The van der Waals surface area contributed by atoms with E-state index in [-0.39, 0.29) is 11.3 Å². The van der Waals surface area contributed by atoms with Crippen LogP contribution in [0.25, 0.3) is 17.1 Å². The summed E-state index contributed by atoms with van der Waals surface area (Å²) in [5.74, 6) is 1.74. The summed E-state index contributed by atoms with van der Waals surface area (Å²) >= 11 is 1.20. The van der Waals surface area contributed by atoms with Crippen LogP contribution in [0.3, 0.4) is 0 Å². The molecule has 1 heterocycles. The number of hydrogen-bond donors (Lipinski definition) is 0.